The molecule has 0 aromatic heterocycles. The van der Waals surface area contributed by atoms with Crippen molar-refractivity contribution in [3.63, 3.8) is 0 Å². The number of hydrogen-bond donors (Lipinski definition) is 1. The molecule has 2 rings (SSSR count). The Morgan fingerprint density at radius 2 is 1.89 bits per heavy atom. The van der Waals surface area contributed by atoms with Crippen molar-refractivity contribution in [2.24, 2.45) is 0 Å². The second-order valence-electron chi connectivity index (χ2n) is 4.94. The molecule has 2 aromatic rings. The first kappa shape index (κ1) is 13.8. The second-order valence-corrected chi connectivity index (χ2v) is 4.94. The van der Waals surface area contributed by atoms with Crippen molar-refractivity contribution >= 4 is 0 Å². The van der Waals surface area contributed by atoms with Gasteiger partial charge in [-0.3, -0.25) is 0 Å². The minimum atomic E-state index is -0.164. The van der Waals surface area contributed by atoms with Gasteiger partial charge in [-0.15, -0.1) is 0 Å². The van der Waals surface area contributed by atoms with Crippen molar-refractivity contribution < 1.29 is 4.39 Å². The predicted octanol–water partition coefficient (Wildman–Crippen LogP) is 3.68. The Morgan fingerprint density at radius 3 is 2.58 bits per heavy atom. The molecule has 1 unspecified atom stereocenters. The molecule has 0 saturated carbocycles. The van der Waals surface area contributed by atoms with Gasteiger partial charge < -0.3 is 5.32 Å². The van der Waals surface area contributed by atoms with Crippen LogP contribution in [0.1, 0.15) is 22.6 Å². The third-order valence-corrected chi connectivity index (χ3v) is 3.50. The van der Waals surface area contributed by atoms with Crippen molar-refractivity contribution in [2.45, 2.75) is 19.3 Å². The van der Waals surface area contributed by atoms with Gasteiger partial charge in [0, 0.05) is 12.5 Å². The fourth-order valence-corrected chi connectivity index (χ4v) is 2.42. The minimum Gasteiger partial charge on any atom is -0.319 e. The van der Waals surface area contributed by atoms with Gasteiger partial charge in [-0.1, -0.05) is 36.4 Å². The molecule has 2 aromatic carbocycles. The van der Waals surface area contributed by atoms with Crippen molar-refractivity contribution in [3.05, 3.63) is 71.0 Å². The molecule has 0 fully saturated rings. The Labute approximate surface area is 114 Å². The Bertz CT molecular complexity index is 536. The Kier molecular flexibility index (Phi) is 4.69. The zero-order chi connectivity index (χ0) is 13.7. The van der Waals surface area contributed by atoms with Crippen LogP contribution in [0.15, 0.2) is 48.5 Å². The predicted molar refractivity (Wildman–Crippen MR) is 78.0 cm³/mol. The van der Waals surface area contributed by atoms with Gasteiger partial charge in [0.05, 0.1) is 0 Å². The zero-order valence-electron chi connectivity index (χ0n) is 11.5. The van der Waals surface area contributed by atoms with E-state index in [9.17, 15) is 4.39 Å². The normalized spacial score (nSPS) is 12.4. The first-order chi connectivity index (χ1) is 9.20. The third-order valence-electron chi connectivity index (χ3n) is 3.50. The quantitative estimate of drug-likeness (QED) is 0.861. The van der Waals surface area contributed by atoms with E-state index >= 15 is 0 Å². The minimum absolute atomic E-state index is 0.164. The molecular formula is C17H20FN. The van der Waals surface area contributed by atoms with E-state index in [-0.39, 0.29) is 5.82 Å². The molecule has 0 aliphatic heterocycles. The number of aryl methyl sites for hydroxylation is 1. The van der Waals surface area contributed by atoms with Crippen LogP contribution in [-0.2, 0) is 6.42 Å². The molecule has 0 heterocycles. The van der Waals surface area contributed by atoms with Crippen LogP contribution in [0, 0.1) is 12.7 Å². The van der Waals surface area contributed by atoms with Gasteiger partial charge in [0.1, 0.15) is 5.82 Å². The summed E-state index contributed by atoms with van der Waals surface area (Å²) >= 11 is 0. The van der Waals surface area contributed by atoms with Crippen LogP contribution in [0.25, 0.3) is 0 Å². The van der Waals surface area contributed by atoms with E-state index < -0.39 is 0 Å². The summed E-state index contributed by atoms with van der Waals surface area (Å²) in [6, 6.07) is 15.3. The maximum absolute atomic E-state index is 13.4. The number of nitrogens with one attached hydrogen (secondary N) is 1. The van der Waals surface area contributed by atoms with Crippen molar-refractivity contribution in [3.8, 4) is 0 Å². The molecule has 100 valence electrons. The highest BCUT2D eigenvalue weighted by molar-refractivity contribution is 5.30. The number of benzene rings is 2. The lowest BCUT2D eigenvalue weighted by Crippen LogP contribution is -2.19. The molecule has 0 amide bonds. The molecule has 1 atom stereocenters. The van der Waals surface area contributed by atoms with Gasteiger partial charge in [0.15, 0.2) is 0 Å². The van der Waals surface area contributed by atoms with Gasteiger partial charge in [-0.05, 0) is 49.2 Å². The van der Waals surface area contributed by atoms with Crippen LogP contribution in [0.4, 0.5) is 4.39 Å². The summed E-state index contributed by atoms with van der Waals surface area (Å²) in [4.78, 5) is 0. The molecule has 0 radical (unpaired) electrons. The van der Waals surface area contributed by atoms with E-state index in [4.69, 9.17) is 0 Å². The van der Waals surface area contributed by atoms with Crippen LogP contribution in [0.2, 0.25) is 0 Å². The molecule has 0 saturated heterocycles. The Balaban J connectivity index is 2.24. The van der Waals surface area contributed by atoms with Gasteiger partial charge >= 0.3 is 0 Å². The topological polar surface area (TPSA) is 12.0 Å². The van der Waals surface area contributed by atoms with Crippen molar-refractivity contribution in [2.75, 3.05) is 13.6 Å². The molecule has 0 spiro atoms. The first-order valence-corrected chi connectivity index (χ1v) is 6.65. The average Bonchev–Trinajstić information content (AvgIpc) is 2.40. The molecule has 19 heavy (non-hydrogen) atoms. The zero-order valence-corrected chi connectivity index (χ0v) is 11.5. The lowest BCUT2D eigenvalue weighted by molar-refractivity contribution is 0.600. The van der Waals surface area contributed by atoms with Crippen molar-refractivity contribution in [1.82, 2.24) is 5.32 Å². The lowest BCUT2D eigenvalue weighted by Gasteiger charge is -2.18. The van der Waals surface area contributed by atoms with E-state index in [0.717, 1.165) is 18.5 Å². The number of halogens is 1. The highest BCUT2D eigenvalue weighted by Crippen LogP contribution is 2.22. The molecule has 2 heteroatoms. The molecule has 0 bridgehead atoms. The fourth-order valence-electron chi connectivity index (χ4n) is 2.42. The van der Waals surface area contributed by atoms with Crippen LogP contribution < -0.4 is 5.32 Å². The number of rotatable bonds is 5. The smallest absolute Gasteiger partial charge is 0.123 e. The monoisotopic (exact) mass is 257 g/mol. The standard InChI is InChI=1S/C17H20FN/c1-13-6-3-4-7-14(13)10-16(12-19-2)15-8-5-9-17(18)11-15/h3-9,11,16,19H,10,12H2,1-2H3. The van der Waals surface area contributed by atoms with Crippen LogP contribution in [-0.4, -0.2) is 13.6 Å². The van der Waals surface area contributed by atoms with E-state index in [1.165, 1.54) is 17.2 Å². The maximum Gasteiger partial charge on any atom is 0.123 e. The van der Waals surface area contributed by atoms with Crippen LogP contribution >= 0.6 is 0 Å². The van der Waals surface area contributed by atoms with E-state index in [0.29, 0.717) is 5.92 Å². The summed E-state index contributed by atoms with van der Waals surface area (Å²) in [5.41, 5.74) is 3.67. The van der Waals surface area contributed by atoms with E-state index in [1.54, 1.807) is 12.1 Å². The maximum atomic E-state index is 13.4. The Hall–Kier alpha value is -1.67. The van der Waals surface area contributed by atoms with Gasteiger partial charge in [0.2, 0.25) is 0 Å². The lowest BCUT2D eigenvalue weighted by atomic mass is 9.90. The molecule has 0 aliphatic carbocycles. The summed E-state index contributed by atoms with van der Waals surface area (Å²) in [5.74, 6) is 0.130. The molecule has 1 N–H and O–H groups in total. The summed E-state index contributed by atoms with van der Waals surface area (Å²) in [6.07, 6.45) is 0.928. The summed E-state index contributed by atoms with van der Waals surface area (Å²) in [7, 11) is 1.93. The van der Waals surface area contributed by atoms with Gasteiger partial charge in [-0.2, -0.15) is 0 Å². The second kappa shape index (κ2) is 6.48. The number of likely N-dealkylation sites (N-methyl/N-ethyl adjacent to an activating group) is 1. The van der Waals surface area contributed by atoms with E-state index in [1.807, 2.05) is 19.2 Å². The summed E-state index contributed by atoms with van der Waals surface area (Å²) in [5, 5.41) is 3.20. The van der Waals surface area contributed by atoms with Crippen LogP contribution in [0.5, 0.6) is 0 Å². The molecule has 0 aliphatic rings. The average molecular weight is 257 g/mol. The Morgan fingerprint density at radius 1 is 1.11 bits per heavy atom. The van der Waals surface area contributed by atoms with Gasteiger partial charge in [0.25, 0.3) is 0 Å². The summed E-state index contributed by atoms with van der Waals surface area (Å²) in [6.45, 7) is 2.97. The number of hydrogen-bond acceptors (Lipinski definition) is 1. The SMILES string of the molecule is CNCC(Cc1ccccc1C)c1cccc(F)c1. The first-order valence-electron chi connectivity index (χ1n) is 6.65. The summed E-state index contributed by atoms with van der Waals surface area (Å²) < 4.78 is 13.4. The van der Waals surface area contributed by atoms with Gasteiger partial charge in [-0.25, -0.2) is 4.39 Å². The van der Waals surface area contributed by atoms with Crippen LogP contribution in [0.3, 0.4) is 0 Å². The fraction of sp³-hybridized carbons (Fsp3) is 0.294. The molecular weight excluding hydrogens is 237 g/mol. The highest BCUT2D eigenvalue weighted by Gasteiger charge is 2.13. The largest absolute Gasteiger partial charge is 0.319 e. The van der Waals surface area contributed by atoms with E-state index in [2.05, 4.69) is 30.4 Å². The highest BCUT2D eigenvalue weighted by atomic mass is 19.1. The van der Waals surface area contributed by atoms with Crippen molar-refractivity contribution in [1.29, 1.82) is 0 Å². The molecule has 1 nitrogen and oxygen atoms in total. The third kappa shape index (κ3) is 3.65.